The van der Waals surface area contributed by atoms with Crippen molar-refractivity contribution in [3.05, 3.63) is 104 Å². The van der Waals surface area contributed by atoms with Gasteiger partial charge in [-0.3, -0.25) is 9.69 Å². The molecule has 0 aliphatic carbocycles. The Bertz CT molecular complexity index is 1120. The van der Waals surface area contributed by atoms with E-state index in [2.05, 4.69) is 36.9 Å². The monoisotopic (exact) mass is 514 g/mol. The highest BCUT2D eigenvalue weighted by molar-refractivity contribution is 9.10. The summed E-state index contributed by atoms with van der Waals surface area (Å²) in [6.07, 6.45) is 1.79. The van der Waals surface area contributed by atoms with Gasteiger partial charge < -0.3 is 0 Å². The first kappa shape index (κ1) is 19.1. The van der Waals surface area contributed by atoms with Crippen LogP contribution in [0.15, 0.2) is 92.4 Å². The summed E-state index contributed by atoms with van der Waals surface area (Å²) < 4.78 is 1.83. The van der Waals surface area contributed by atoms with E-state index in [1.807, 2.05) is 60.7 Å². The molecule has 138 valence electrons. The van der Waals surface area contributed by atoms with E-state index in [0.29, 0.717) is 16.6 Å². The lowest BCUT2D eigenvalue weighted by atomic mass is 10.1. The smallest absolute Gasteiger partial charge is 0.266 e. The van der Waals surface area contributed by atoms with E-state index in [1.54, 1.807) is 23.1 Å². The van der Waals surface area contributed by atoms with E-state index < -0.39 is 0 Å². The molecule has 0 fully saturated rings. The SMILES string of the molecule is O=C1/C(=C\c2cccc(Br)c2)N=C(c2ccc(Cl)cc2)N1c1cccc(Br)c1. The van der Waals surface area contributed by atoms with Crippen LogP contribution in [0.5, 0.6) is 0 Å². The molecular formula is C22H13Br2ClN2O. The van der Waals surface area contributed by atoms with Crippen LogP contribution in [0.3, 0.4) is 0 Å². The number of benzene rings is 3. The molecule has 1 heterocycles. The van der Waals surface area contributed by atoms with Gasteiger partial charge in [-0.15, -0.1) is 0 Å². The maximum atomic E-state index is 13.2. The van der Waals surface area contributed by atoms with Crippen LogP contribution < -0.4 is 4.90 Å². The van der Waals surface area contributed by atoms with E-state index in [0.717, 1.165) is 25.8 Å². The first-order valence-corrected chi connectivity index (χ1v) is 10.4. The number of hydrogen-bond donors (Lipinski definition) is 0. The van der Waals surface area contributed by atoms with Crippen LogP contribution in [0.4, 0.5) is 5.69 Å². The predicted octanol–water partition coefficient (Wildman–Crippen LogP) is 6.70. The first-order chi connectivity index (χ1) is 13.5. The summed E-state index contributed by atoms with van der Waals surface area (Å²) in [4.78, 5) is 19.5. The lowest BCUT2D eigenvalue weighted by Gasteiger charge is -2.18. The Balaban J connectivity index is 1.84. The van der Waals surface area contributed by atoms with Gasteiger partial charge in [0.1, 0.15) is 11.5 Å². The van der Waals surface area contributed by atoms with E-state index in [9.17, 15) is 4.79 Å². The van der Waals surface area contributed by atoms with Crippen molar-refractivity contribution >= 4 is 67.0 Å². The molecule has 0 saturated heterocycles. The highest BCUT2D eigenvalue weighted by Crippen LogP contribution is 2.30. The lowest BCUT2D eigenvalue weighted by Crippen LogP contribution is -2.32. The highest BCUT2D eigenvalue weighted by Gasteiger charge is 2.32. The second kappa shape index (κ2) is 8.03. The van der Waals surface area contributed by atoms with Gasteiger partial charge in [0.05, 0.1) is 5.69 Å². The molecule has 0 saturated carbocycles. The van der Waals surface area contributed by atoms with Gasteiger partial charge in [0.15, 0.2) is 0 Å². The Morgan fingerprint density at radius 2 is 1.57 bits per heavy atom. The Kier molecular flexibility index (Phi) is 5.49. The molecule has 4 rings (SSSR count). The Morgan fingerprint density at radius 3 is 2.25 bits per heavy atom. The van der Waals surface area contributed by atoms with Crippen molar-refractivity contribution in [2.75, 3.05) is 4.90 Å². The molecular weight excluding hydrogens is 504 g/mol. The zero-order valence-electron chi connectivity index (χ0n) is 14.4. The molecule has 28 heavy (non-hydrogen) atoms. The van der Waals surface area contributed by atoms with Crippen molar-refractivity contribution in [2.45, 2.75) is 0 Å². The van der Waals surface area contributed by atoms with Crippen LogP contribution in [0.2, 0.25) is 5.02 Å². The van der Waals surface area contributed by atoms with E-state index in [1.165, 1.54) is 0 Å². The Labute approximate surface area is 184 Å². The van der Waals surface area contributed by atoms with Crippen molar-refractivity contribution in [3.8, 4) is 0 Å². The van der Waals surface area contributed by atoms with Gasteiger partial charge in [-0.25, -0.2) is 4.99 Å². The second-order valence-corrected chi connectivity index (χ2v) is 8.42. The fraction of sp³-hybridized carbons (Fsp3) is 0. The van der Waals surface area contributed by atoms with E-state index in [-0.39, 0.29) is 5.91 Å². The summed E-state index contributed by atoms with van der Waals surface area (Å²) in [5.41, 5.74) is 2.83. The number of aliphatic imine (C=N–C) groups is 1. The highest BCUT2D eigenvalue weighted by atomic mass is 79.9. The standard InChI is InChI=1S/C22H13Br2ClN2O/c23-16-4-1-3-14(11-16)12-20-22(28)27(19-6-2-5-17(24)13-19)21(26-20)15-7-9-18(25)10-8-15/h1-13H/b20-12+. The molecule has 3 nitrogen and oxygen atoms in total. The predicted molar refractivity (Wildman–Crippen MR) is 122 cm³/mol. The minimum absolute atomic E-state index is 0.178. The van der Waals surface area contributed by atoms with Crippen LogP contribution in [0.25, 0.3) is 6.08 Å². The van der Waals surface area contributed by atoms with Crippen LogP contribution in [-0.4, -0.2) is 11.7 Å². The van der Waals surface area contributed by atoms with Crippen molar-refractivity contribution in [2.24, 2.45) is 4.99 Å². The normalized spacial score (nSPS) is 15.2. The molecule has 6 heteroatoms. The van der Waals surface area contributed by atoms with Gasteiger partial charge in [0.25, 0.3) is 5.91 Å². The molecule has 0 atom stereocenters. The number of amides is 1. The summed E-state index contributed by atoms with van der Waals surface area (Å²) in [6, 6.07) is 22.6. The molecule has 3 aromatic carbocycles. The molecule has 1 amide bonds. The van der Waals surface area contributed by atoms with Gasteiger partial charge in [0, 0.05) is 19.5 Å². The minimum Gasteiger partial charge on any atom is -0.266 e. The molecule has 1 aliphatic heterocycles. The van der Waals surface area contributed by atoms with E-state index >= 15 is 0 Å². The number of halogens is 3. The maximum Gasteiger partial charge on any atom is 0.282 e. The summed E-state index contributed by atoms with van der Waals surface area (Å²) in [5.74, 6) is 0.393. The number of anilines is 1. The van der Waals surface area contributed by atoms with Crippen molar-refractivity contribution in [1.29, 1.82) is 0 Å². The van der Waals surface area contributed by atoms with Crippen LogP contribution in [0, 0.1) is 0 Å². The average Bonchev–Trinajstić information content (AvgIpc) is 2.99. The molecule has 0 bridgehead atoms. The summed E-state index contributed by atoms with van der Waals surface area (Å²) in [5, 5.41) is 0.632. The van der Waals surface area contributed by atoms with Gasteiger partial charge in [-0.2, -0.15) is 0 Å². The summed E-state index contributed by atoms with van der Waals surface area (Å²) in [7, 11) is 0. The van der Waals surface area contributed by atoms with Gasteiger partial charge in [-0.1, -0.05) is 61.7 Å². The fourth-order valence-corrected chi connectivity index (χ4v) is 3.85. The largest absolute Gasteiger partial charge is 0.282 e. The first-order valence-electron chi connectivity index (χ1n) is 8.43. The molecule has 0 spiro atoms. The topological polar surface area (TPSA) is 32.7 Å². The van der Waals surface area contributed by atoms with Crippen molar-refractivity contribution in [1.82, 2.24) is 0 Å². The third-order valence-corrected chi connectivity index (χ3v) is 5.42. The van der Waals surface area contributed by atoms with Crippen LogP contribution >= 0.6 is 43.5 Å². The number of carbonyl (C=O) groups excluding carboxylic acids is 1. The zero-order valence-corrected chi connectivity index (χ0v) is 18.4. The molecule has 3 aromatic rings. The number of rotatable bonds is 3. The van der Waals surface area contributed by atoms with Gasteiger partial charge >= 0.3 is 0 Å². The zero-order chi connectivity index (χ0) is 19.7. The molecule has 0 radical (unpaired) electrons. The molecule has 0 aromatic heterocycles. The third-order valence-electron chi connectivity index (χ3n) is 4.18. The Hall–Kier alpha value is -2.21. The Morgan fingerprint density at radius 1 is 0.893 bits per heavy atom. The average molecular weight is 517 g/mol. The van der Waals surface area contributed by atoms with Crippen molar-refractivity contribution in [3.63, 3.8) is 0 Å². The second-order valence-electron chi connectivity index (χ2n) is 6.15. The summed E-state index contributed by atoms with van der Waals surface area (Å²) in [6.45, 7) is 0. The number of hydrogen-bond acceptors (Lipinski definition) is 2. The van der Waals surface area contributed by atoms with Crippen LogP contribution in [0.1, 0.15) is 11.1 Å². The van der Waals surface area contributed by atoms with Crippen LogP contribution in [-0.2, 0) is 4.79 Å². The lowest BCUT2D eigenvalue weighted by molar-refractivity contribution is -0.113. The molecule has 0 unspecified atom stereocenters. The molecule has 0 N–H and O–H groups in total. The third kappa shape index (κ3) is 3.97. The van der Waals surface area contributed by atoms with Crippen molar-refractivity contribution < 1.29 is 4.79 Å². The maximum absolute atomic E-state index is 13.2. The van der Waals surface area contributed by atoms with Gasteiger partial charge in [-0.05, 0) is 66.2 Å². The fourth-order valence-electron chi connectivity index (χ4n) is 2.92. The van der Waals surface area contributed by atoms with E-state index in [4.69, 9.17) is 11.6 Å². The quantitative estimate of drug-likeness (QED) is 0.357. The molecule has 1 aliphatic rings. The number of nitrogens with zero attached hydrogens (tertiary/aromatic N) is 2. The minimum atomic E-state index is -0.178. The number of amidine groups is 1. The number of carbonyl (C=O) groups is 1. The summed E-state index contributed by atoms with van der Waals surface area (Å²) >= 11 is 13.0. The van der Waals surface area contributed by atoms with Gasteiger partial charge in [0.2, 0.25) is 0 Å².